The first-order chi connectivity index (χ1) is 11.6. The summed E-state index contributed by atoms with van der Waals surface area (Å²) in [5, 5.41) is 15.5. The van der Waals surface area contributed by atoms with E-state index in [2.05, 4.69) is 21.2 Å². The highest BCUT2D eigenvalue weighted by molar-refractivity contribution is 5.61. The molecule has 128 valence electrons. The molecule has 0 aromatic carbocycles. The summed E-state index contributed by atoms with van der Waals surface area (Å²) in [6, 6.07) is 4.03. The van der Waals surface area contributed by atoms with Gasteiger partial charge in [0.15, 0.2) is 0 Å². The van der Waals surface area contributed by atoms with Gasteiger partial charge in [0.25, 0.3) is 0 Å². The second-order valence-electron chi connectivity index (χ2n) is 7.44. The second kappa shape index (κ2) is 6.30. The Morgan fingerprint density at radius 2 is 2.08 bits per heavy atom. The SMILES string of the molecule is Cn1cc(CN2CCC3(O)CCCCC3C2)c(-c2ccncc2)n1. The predicted octanol–water partition coefficient (Wildman–Crippen LogP) is 2.61. The number of hydrogen-bond donors (Lipinski definition) is 1. The molecule has 2 atom stereocenters. The minimum absolute atomic E-state index is 0.405. The number of pyridine rings is 1. The molecule has 2 fully saturated rings. The van der Waals surface area contributed by atoms with Crippen molar-refractivity contribution in [1.29, 1.82) is 0 Å². The van der Waals surface area contributed by atoms with Crippen molar-refractivity contribution < 1.29 is 5.11 Å². The third-order valence-electron chi connectivity index (χ3n) is 5.76. The molecule has 2 aromatic heterocycles. The number of aliphatic hydroxyl groups is 1. The van der Waals surface area contributed by atoms with Gasteiger partial charge >= 0.3 is 0 Å². The van der Waals surface area contributed by atoms with Crippen LogP contribution in [0.15, 0.2) is 30.7 Å². The third-order valence-corrected chi connectivity index (χ3v) is 5.76. The molecule has 0 radical (unpaired) electrons. The zero-order valence-corrected chi connectivity index (χ0v) is 14.4. The number of aryl methyl sites for hydroxylation is 1. The molecule has 1 saturated heterocycles. The molecule has 2 unspecified atom stereocenters. The predicted molar refractivity (Wildman–Crippen MR) is 93.2 cm³/mol. The van der Waals surface area contributed by atoms with Crippen LogP contribution in [0.3, 0.4) is 0 Å². The highest BCUT2D eigenvalue weighted by atomic mass is 16.3. The minimum Gasteiger partial charge on any atom is -0.390 e. The lowest BCUT2D eigenvalue weighted by Gasteiger charge is -2.47. The van der Waals surface area contributed by atoms with E-state index in [0.29, 0.717) is 5.92 Å². The van der Waals surface area contributed by atoms with Crippen molar-refractivity contribution in [1.82, 2.24) is 19.7 Å². The molecule has 1 aliphatic carbocycles. The van der Waals surface area contributed by atoms with Crippen LogP contribution in [-0.4, -0.2) is 43.5 Å². The lowest BCUT2D eigenvalue weighted by Crippen LogP contribution is -2.52. The average molecular weight is 326 g/mol. The monoisotopic (exact) mass is 326 g/mol. The van der Waals surface area contributed by atoms with Crippen LogP contribution >= 0.6 is 0 Å². The van der Waals surface area contributed by atoms with Crippen LogP contribution < -0.4 is 0 Å². The Morgan fingerprint density at radius 3 is 2.92 bits per heavy atom. The molecule has 2 aromatic rings. The van der Waals surface area contributed by atoms with Gasteiger partial charge in [-0.3, -0.25) is 14.6 Å². The summed E-state index contributed by atoms with van der Waals surface area (Å²) >= 11 is 0. The molecule has 1 N–H and O–H groups in total. The lowest BCUT2D eigenvalue weighted by atomic mass is 9.71. The number of likely N-dealkylation sites (tertiary alicyclic amines) is 1. The van der Waals surface area contributed by atoms with Crippen molar-refractivity contribution >= 4 is 0 Å². The number of aromatic nitrogens is 3. The largest absolute Gasteiger partial charge is 0.390 e. The van der Waals surface area contributed by atoms with Gasteiger partial charge in [0.2, 0.25) is 0 Å². The molecule has 2 aliphatic rings. The van der Waals surface area contributed by atoms with E-state index < -0.39 is 5.60 Å². The molecule has 0 amide bonds. The van der Waals surface area contributed by atoms with Gasteiger partial charge in [-0.25, -0.2) is 0 Å². The maximum Gasteiger partial charge on any atom is 0.0969 e. The molecule has 0 bridgehead atoms. The van der Waals surface area contributed by atoms with E-state index in [1.54, 1.807) is 0 Å². The summed E-state index contributed by atoms with van der Waals surface area (Å²) in [5.74, 6) is 0.432. The summed E-state index contributed by atoms with van der Waals surface area (Å²) < 4.78 is 1.89. The normalized spacial score (nSPS) is 27.8. The van der Waals surface area contributed by atoms with Crippen LogP contribution in [0.1, 0.15) is 37.7 Å². The van der Waals surface area contributed by atoms with E-state index in [1.165, 1.54) is 18.4 Å². The van der Waals surface area contributed by atoms with E-state index in [4.69, 9.17) is 0 Å². The van der Waals surface area contributed by atoms with E-state index in [0.717, 1.165) is 50.2 Å². The average Bonchev–Trinajstić information content (AvgIpc) is 2.96. The van der Waals surface area contributed by atoms with Gasteiger partial charge < -0.3 is 5.11 Å². The Kier molecular flexibility index (Phi) is 4.14. The molecule has 1 aliphatic heterocycles. The van der Waals surface area contributed by atoms with Crippen LogP contribution in [0.2, 0.25) is 0 Å². The smallest absolute Gasteiger partial charge is 0.0969 e. The molecule has 0 spiro atoms. The van der Waals surface area contributed by atoms with Crippen LogP contribution in [0.4, 0.5) is 0 Å². The standard InChI is InChI=1S/C19H26N4O/c1-22-12-16(18(21-22)15-5-9-20-10-6-15)13-23-11-8-19(24)7-3-2-4-17(19)14-23/h5-6,9-10,12,17,24H,2-4,7-8,11,13-14H2,1H3. The molecule has 1 saturated carbocycles. The summed E-state index contributed by atoms with van der Waals surface area (Å²) in [6.07, 6.45) is 11.3. The second-order valence-corrected chi connectivity index (χ2v) is 7.44. The summed E-state index contributed by atoms with van der Waals surface area (Å²) in [6.45, 7) is 2.87. The number of hydrogen-bond acceptors (Lipinski definition) is 4. The van der Waals surface area contributed by atoms with Crippen molar-refractivity contribution in [3.63, 3.8) is 0 Å². The molecule has 3 heterocycles. The Labute approximate surface area is 143 Å². The molecule has 4 rings (SSSR count). The van der Waals surface area contributed by atoms with E-state index in [-0.39, 0.29) is 0 Å². The summed E-state index contributed by atoms with van der Waals surface area (Å²) in [5.41, 5.74) is 3.01. The molecule has 5 heteroatoms. The molecule has 24 heavy (non-hydrogen) atoms. The van der Waals surface area contributed by atoms with Gasteiger partial charge in [0.05, 0.1) is 11.3 Å². The van der Waals surface area contributed by atoms with Crippen molar-refractivity contribution in [2.45, 2.75) is 44.2 Å². The van der Waals surface area contributed by atoms with Crippen LogP contribution in [0.5, 0.6) is 0 Å². The number of piperidine rings is 1. The Balaban J connectivity index is 1.52. The highest BCUT2D eigenvalue weighted by Gasteiger charge is 2.42. The topological polar surface area (TPSA) is 54.2 Å². The third kappa shape index (κ3) is 2.98. The summed E-state index contributed by atoms with van der Waals surface area (Å²) in [4.78, 5) is 6.60. The fourth-order valence-corrected chi connectivity index (χ4v) is 4.43. The lowest BCUT2D eigenvalue weighted by molar-refractivity contribution is -0.0967. The van der Waals surface area contributed by atoms with Gasteiger partial charge in [-0.05, 0) is 31.4 Å². The van der Waals surface area contributed by atoms with Gasteiger partial charge in [0.1, 0.15) is 0 Å². The minimum atomic E-state index is -0.405. The number of rotatable bonds is 3. The first-order valence-corrected chi connectivity index (χ1v) is 9.02. The van der Waals surface area contributed by atoms with Gasteiger partial charge in [0, 0.05) is 62.3 Å². The first kappa shape index (κ1) is 15.8. The zero-order chi connectivity index (χ0) is 16.6. The Morgan fingerprint density at radius 1 is 1.25 bits per heavy atom. The highest BCUT2D eigenvalue weighted by Crippen LogP contribution is 2.40. The van der Waals surface area contributed by atoms with Crippen molar-refractivity contribution in [3.8, 4) is 11.3 Å². The maximum absolute atomic E-state index is 10.9. The van der Waals surface area contributed by atoms with E-state index in [9.17, 15) is 5.11 Å². The quantitative estimate of drug-likeness (QED) is 0.942. The molecular formula is C19H26N4O. The molecule has 5 nitrogen and oxygen atoms in total. The fraction of sp³-hybridized carbons (Fsp3) is 0.579. The fourth-order valence-electron chi connectivity index (χ4n) is 4.43. The van der Waals surface area contributed by atoms with Gasteiger partial charge in [-0.1, -0.05) is 12.8 Å². The number of nitrogens with zero attached hydrogens (tertiary/aromatic N) is 4. The van der Waals surface area contributed by atoms with Crippen LogP contribution in [-0.2, 0) is 13.6 Å². The molecular weight excluding hydrogens is 300 g/mol. The zero-order valence-electron chi connectivity index (χ0n) is 14.4. The van der Waals surface area contributed by atoms with Gasteiger partial charge in [-0.15, -0.1) is 0 Å². The van der Waals surface area contributed by atoms with Crippen LogP contribution in [0, 0.1) is 5.92 Å². The van der Waals surface area contributed by atoms with E-state index in [1.807, 2.05) is 36.3 Å². The van der Waals surface area contributed by atoms with Crippen molar-refractivity contribution in [2.75, 3.05) is 13.1 Å². The van der Waals surface area contributed by atoms with Crippen molar-refractivity contribution in [2.24, 2.45) is 13.0 Å². The van der Waals surface area contributed by atoms with Gasteiger partial charge in [-0.2, -0.15) is 5.10 Å². The van der Waals surface area contributed by atoms with E-state index >= 15 is 0 Å². The Hall–Kier alpha value is -1.72. The number of fused-ring (bicyclic) bond motifs is 1. The Bertz CT molecular complexity index is 699. The van der Waals surface area contributed by atoms with Crippen LogP contribution in [0.25, 0.3) is 11.3 Å². The van der Waals surface area contributed by atoms with Crippen molar-refractivity contribution in [3.05, 3.63) is 36.3 Å². The maximum atomic E-state index is 10.9. The first-order valence-electron chi connectivity index (χ1n) is 9.02. The summed E-state index contributed by atoms with van der Waals surface area (Å²) in [7, 11) is 1.98.